The first kappa shape index (κ1) is 19.6. The first-order valence-corrected chi connectivity index (χ1v) is 8.31. The Morgan fingerprint density at radius 2 is 1.71 bits per heavy atom. The summed E-state index contributed by atoms with van der Waals surface area (Å²) in [7, 11) is 0. The lowest BCUT2D eigenvalue weighted by Crippen LogP contribution is -2.40. The number of nitrogens with zero attached hydrogens (tertiary/aromatic N) is 2. The van der Waals surface area contributed by atoms with E-state index < -0.39 is 72.2 Å². The van der Waals surface area contributed by atoms with E-state index in [1.54, 1.807) is 0 Å². The fourth-order valence-electron chi connectivity index (χ4n) is 3.83. The fraction of sp³-hybridized carbons (Fsp3) is 0.733. The number of hydrogen-bond donors (Lipinski definition) is 0. The van der Waals surface area contributed by atoms with E-state index in [9.17, 15) is 35.5 Å². The van der Waals surface area contributed by atoms with Crippen LogP contribution in [-0.2, 0) is 26.2 Å². The zero-order valence-electron chi connectivity index (χ0n) is 13.9. The number of halogens is 7. The van der Waals surface area contributed by atoms with E-state index in [0.717, 1.165) is 0 Å². The van der Waals surface area contributed by atoms with Crippen LogP contribution in [0.5, 0.6) is 0 Å². The summed E-state index contributed by atoms with van der Waals surface area (Å²) in [5.41, 5.74) is -3.28. The molecule has 13 heteroatoms. The Bertz CT molecular complexity index is 798. The predicted molar refractivity (Wildman–Crippen MR) is 74.1 cm³/mol. The van der Waals surface area contributed by atoms with Crippen molar-refractivity contribution in [1.29, 1.82) is 0 Å². The summed E-state index contributed by atoms with van der Waals surface area (Å²) in [5, 5.41) is 3.37. The molecule has 1 aromatic rings. The van der Waals surface area contributed by atoms with Crippen LogP contribution in [0.3, 0.4) is 0 Å². The third-order valence-corrected chi connectivity index (χ3v) is 5.01. The summed E-state index contributed by atoms with van der Waals surface area (Å²) >= 11 is 0. The molecule has 28 heavy (non-hydrogen) atoms. The Kier molecular flexibility index (Phi) is 4.29. The fourth-order valence-corrected chi connectivity index (χ4v) is 3.83. The van der Waals surface area contributed by atoms with Crippen LogP contribution in [0.4, 0.5) is 30.7 Å². The summed E-state index contributed by atoms with van der Waals surface area (Å²) in [6.07, 6.45) is -15.5. The molecule has 3 atom stereocenters. The first-order chi connectivity index (χ1) is 13.0. The minimum atomic E-state index is -5.10. The van der Waals surface area contributed by atoms with Crippen LogP contribution in [0.1, 0.15) is 40.6 Å². The lowest BCUT2D eigenvalue weighted by atomic mass is 10.0. The van der Waals surface area contributed by atoms with Gasteiger partial charge in [-0.15, -0.1) is 0 Å². The maximum atomic E-state index is 14.7. The van der Waals surface area contributed by atoms with Crippen LogP contribution in [0.2, 0.25) is 0 Å². The number of fused-ring (bicyclic) bond motifs is 2. The zero-order chi connectivity index (χ0) is 20.5. The number of rotatable bonds is 1. The SMILES string of the molecule is O=C1c2c(c(C(F)(F)F)nn2[C@H]2CCO[C@@H](C(F)(F)F)C2)C2(OCCO2)C1F. The predicted octanol–water partition coefficient (Wildman–Crippen LogP) is 2.92. The van der Waals surface area contributed by atoms with Crippen molar-refractivity contribution in [2.45, 2.75) is 49.3 Å². The molecule has 0 radical (unpaired) electrons. The van der Waals surface area contributed by atoms with Gasteiger partial charge in [-0.1, -0.05) is 0 Å². The summed E-state index contributed by atoms with van der Waals surface area (Å²) in [6.45, 7) is -0.901. The molecule has 3 heterocycles. The van der Waals surface area contributed by atoms with Gasteiger partial charge in [0.15, 0.2) is 11.8 Å². The van der Waals surface area contributed by atoms with Crippen molar-refractivity contribution in [2.75, 3.05) is 19.8 Å². The van der Waals surface area contributed by atoms with Crippen LogP contribution >= 0.6 is 0 Å². The van der Waals surface area contributed by atoms with Gasteiger partial charge in [-0.3, -0.25) is 9.48 Å². The van der Waals surface area contributed by atoms with Gasteiger partial charge in [0.25, 0.3) is 0 Å². The van der Waals surface area contributed by atoms with Crippen molar-refractivity contribution in [2.24, 2.45) is 0 Å². The highest BCUT2D eigenvalue weighted by atomic mass is 19.4. The lowest BCUT2D eigenvalue weighted by molar-refractivity contribution is -0.235. The van der Waals surface area contributed by atoms with Gasteiger partial charge in [0.1, 0.15) is 5.69 Å². The number of alkyl halides is 7. The summed E-state index contributed by atoms with van der Waals surface area (Å²) < 4.78 is 110. The number of carbonyl (C=O) groups excluding carboxylic acids is 1. The van der Waals surface area contributed by atoms with Crippen LogP contribution in [-0.4, -0.2) is 53.8 Å². The minimum absolute atomic E-state index is 0.128. The largest absolute Gasteiger partial charge is 0.435 e. The monoisotopic (exact) mass is 418 g/mol. The Hall–Kier alpha value is -1.73. The molecule has 2 fully saturated rings. The highest BCUT2D eigenvalue weighted by Gasteiger charge is 2.64. The van der Waals surface area contributed by atoms with E-state index >= 15 is 0 Å². The molecule has 2 aliphatic heterocycles. The van der Waals surface area contributed by atoms with Gasteiger partial charge >= 0.3 is 12.4 Å². The highest BCUT2D eigenvalue weighted by molar-refractivity contribution is 6.04. The van der Waals surface area contributed by atoms with Crippen LogP contribution in [0.15, 0.2) is 0 Å². The lowest BCUT2D eigenvalue weighted by Gasteiger charge is -2.31. The molecule has 1 aromatic heterocycles. The Morgan fingerprint density at radius 3 is 2.29 bits per heavy atom. The second kappa shape index (κ2) is 6.13. The smallest absolute Gasteiger partial charge is 0.369 e. The van der Waals surface area contributed by atoms with Crippen molar-refractivity contribution < 1.29 is 49.7 Å². The van der Waals surface area contributed by atoms with Gasteiger partial charge in [0, 0.05) is 13.0 Å². The van der Waals surface area contributed by atoms with Crippen LogP contribution in [0, 0.1) is 0 Å². The maximum absolute atomic E-state index is 14.7. The molecule has 0 aromatic carbocycles. The molecule has 0 bridgehead atoms. The molecule has 156 valence electrons. The molecule has 0 saturated carbocycles. The molecule has 2 saturated heterocycles. The number of ketones is 1. The van der Waals surface area contributed by atoms with Crippen LogP contribution < -0.4 is 0 Å². The first-order valence-electron chi connectivity index (χ1n) is 8.31. The molecule has 1 spiro atoms. The minimum Gasteiger partial charge on any atom is -0.369 e. The van der Waals surface area contributed by atoms with Crippen LogP contribution in [0.25, 0.3) is 0 Å². The number of Topliss-reactive ketones (excluding diaryl/α,β-unsaturated/α-hetero) is 1. The average Bonchev–Trinajstić information content (AvgIpc) is 3.28. The number of hydrogen-bond acceptors (Lipinski definition) is 5. The quantitative estimate of drug-likeness (QED) is 0.657. The topological polar surface area (TPSA) is 62.6 Å². The van der Waals surface area contributed by atoms with Gasteiger partial charge < -0.3 is 14.2 Å². The Balaban J connectivity index is 1.84. The van der Waals surface area contributed by atoms with Gasteiger partial charge in [-0.25, -0.2) is 4.39 Å². The molecule has 3 aliphatic rings. The maximum Gasteiger partial charge on any atom is 0.435 e. The summed E-state index contributed by atoms with van der Waals surface area (Å²) in [4.78, 5) is 12.4. The average molecular weight is 418 g/mol. The number of ether oxygens (including phenoxy) is 3. The second-order valence-electron chi connectivity index (χ2n) is 6.69. The molecule has 1 aliphatic carbocycles. The number of aromatic nitrogens is 2. The molecular weight excluding hydrogens is 405 g/mol. The van der Waals surface area contributed by atoms with Gasteiger partial charge in [-0.05, 0) is 6.42 Å². The third-order valence-electron chi connectivity index (χ3n) is 5.01. The van der Waals surface area contributed by atoms with Gasteiger partial charge in [-0.2, -0.15) is 31.4 Å². The molecule has 6 nitrogen and oxygen atoms in total. The van der Waals surface area contributed by atoms with Crippen molar-refractivity contribution >= 4 is 5.78 Å². The molecular formula is C15H13F7N2O4. The van der Waals surface area contributed by atoms with Crippen molar-refractivity contribution in [3.63, 3.8) is 0 Å². The van der Waals surface area contributed by atoms with Crippen molar-refractivity contribution in [1.82, 2.24) is 9.78 Å². The molecule has 1 unspecified atom stereocenters. The van der Waals surface area contributed by atoms with E-state index in [1.807, 2.05) is 0 Å². The standard InChI is InChI=1S/C15H13F7N2O4/c16-11-10(25)9-8(13(11)27-3-4-28-13)12(15(20,21)22)23-24(9)6-1-2-26-7(5-6)14(17,18)19/h6-7,11H,1-5H2/t6-,7+,11?/m0/s1. The Morgan fingerprint density at radius 1 is 1.07 bits per heavy atom. The summed E-state index contributed by atoms with van der Waals surface area (Å²) in [5.74, 6) is -3.95. The highest BCUT2D eigenvalue weighted by Crippen LogP contribution is 2.51. The van der Waals surface area contributed by atoms with E-state index in [2.05, 4.69) is 9.84 Å². The van der Waals surface area contributed by atoms with E-state index in [-0.39, 0.29) is 19.6 Å². The van der Waals surface area contributed by atoms with Gasteiger partial charge in [0.2, 0.25) is 17.7 Å². The molecule has 0 amide bonds. The normalized spacial score (nSPS) is 30.2. The van der Waals surface area contributed by atoms with E-state index in [4.69, 9.17) is 9.47 Å². The van der Waals surface area contributed by atoms with Crippen molar-refractivity contribution in [3.8, 4) is 0 Å². The zero-order valence-corrected chi connectivity index (χ0v) is 13.9. The molecule has 4 rings (SSSR count). The van der Waals surface area contributed by atoms with Gasteiger partial charge in [0.05, 0.1) is 24.8 Å². The van der Waals surface area contributed by atoms with E-state index in [1.165, 1.54) is 0 Å². The molecule has 0 N–H and O–H groups in total. The second-order valence-corrected chi connectivity index (χ2v) is 6.69. The van der Waals surface area contributed by atoms with Crippen molar-refractivity contribution in [3.05, 3.63) is 17.0 Å². The van der Waals surface area contributed by atoms with E-state index in [0.29, 0.717) is 4.68 Å². The summed E-state index contributed by atoms with van der Waals surface area (Å²) in [6, 6.07) is -1.24. The Labute approximate surface area is 152 Å². The third kappa shape index (κ3) is 2.74. The number of carbonyl (C=O) groups is 1.